The van der Waals surface area contributed by atoms with E-state index >= 15 is 0 Å². The van der Waals surface area contributed by atoms with Crippen molar-refractivity contribution < 1.29 is 9.94 Å². The molecule has 1 saturated heterocycles. The SMILES string of the molecule is CCCCCCON1C(C)(C)CC(O)CC1(C)C. The molecule has 0 spiro atoms. The number of rotatable bonds is 6. The topological polar surface area (TPSA) is 32.7 Å². The molecule has 1 aliphatic heterocycles. The van der Waals surface area contributed by atoms with E-state index in [1.165, 1.54) is 19.3 Å². The average molecular weight is 257 g/mol. The second-order valence-corrected chi connectivity index (χ2v) is 6.88. The lowest BCUT2D eigenvalue weighted by Gasteiger charge is -2.52. The molecule has 0 amide bonds. The summed E-state index contributed by atoms with van der Waals surface area (Å²) in [5, 5.41) is 12.1. The number of hydrogen-bond donors (Lipinski definition) is 1. The minimum absolute atomic E-state index is 0.0913. The van der Waals surface area contributed by atoms with Crippen LogP contribution in [0.4, 0.5) is 0 Å². The van der Waals surface area contributed by atoms with Gasteiger partial charge >= 0.3 is 0 Å². The average Bonchev–Trinajstić information content (AvgIpc) is 2.18. The van der Waals surface area contributed by atoms with E-state index in [2.05, 4.69) is 39.7 Å². The fourth-order valence-corrected chi connectivity index (χ4v) is 3.24. The molecule has 1 rings (SSSR count). The normalized spacial score (nSPS) is 24.3. The minimum atomic E-state index is -0.213. The molecule has 0 aromatic heterocycles. The van der Waals surface area contributed by atoms with Gasteiger partial charge < -0.3 is 5.11 Å². The van der Waals surface area contributed by atoms with Crippen LogP contribution in [0.15, 0.2) is 0 Å². The molecular formula is C15H31NO2. The molecule has 3 nitrogen and oxygen atoms in total. The van der Waals surface area contributed by atoms with Crippen LogP contribution >= 0.6 is 0 Å². The number of hydroxylamine groups is 2. The van der Waals surface area contributed by atoms with Gasteiger partial charge in [0.05, 0.1) is 12.7 Å². The molecule has 0 aliphatic carbocycles. The third-order valence-electron chi connectivity index (χ3n) is 3.79. The van der Waals surface area contributed by atoms with Gasteiger partial charge in [-0.25, -0.2) is 0 Å². The largest absolute Gasteiger partial charge is 0.393 e. The first-order chi connectivity index (χ1) is 8.29. The van der Waals surface area contributed by atoms with Gasteiger partial charge in [-0.3, -0.25) is 4.84 Å². The number of aliphatic hydroxyl groups is 1. The summed E-state index contributed by atoms with van der Waals surface area (Å²) >= 11 is 0. The van der Waals surface area contributed by atoms with E-state index in [1.54, 1.807) is 0 Å². The van der Waals surface area contributed by atoms with Crippen LogP contribution in [0.25, 0.3) is 0 Å². The Morgan fingerprint density at radius 2 is 1.61 bits per heavy atom. The summed E-state index contributed by atoms with van der Waals surface area (Å²) in [6, 6.07) is 0. The summed E-state index contributed by atoms with van der Waals surface area (Å²) in [6.07, 6.45) is 6.26. The molecule has 1 heterocycles. The summed E-state index contributed by atoms with van der Waals surface area (Å²) in [7, 11) is 0. The highest BCUT2D eigenvalue weighted by Gasteiger charge is 2.45. The Hall–Kier alpha value is -0.120. The highest BCUT2D eigenvalue weighted by Crippen LogP contribution is 2.38. The molecule has 1 aliphatic rings. The smallest absolute Gasteiger partial charge is 0.0685 e. The quantitative estimate of drug-likeness (QED) is 0.739. The van der Waals surface area contributed by atoms with Crippen LogP contribution in [0.5, 0.6) is 0 Å². The first-order valence-corrected chi connectivity index (χ1v) is 7.41. The third kappa shape index (κ3) is 4.22. The minimum Gasteiger partial charge on any atom is -0.393 e. The van der Waals surface area contributed by atoms with Gasteiger partial charge in [-0.1, -0.05) is 26.2 Å². The van der Waals surface area contributed by atoms with Gasteiger partial charge in [0.15, 0.2) is 0 Å². The molecule has 0 unspecified atom stereocenters. The summed E-state index contributed by atoms with van der Waals surface area (Å²) in [5.41, 5.74) is -0.183. The molecular weight excluding hydrogens is 226 g/mol. The van der Waals surface area contributed by atoms with Crippen LogP contribution in [0, 0.1) is 0 Å². The van der Waals surface area contributed by atoms with Gasteiger partial charge in [0.2, 0.25) is 0 Å². The standard InChI is InChI=1S/C15H31NO2/c1-6-7-8-9-10-18-16-14(2,3)11-13(17)12-15(16,4)5/h13,17H,6-12H2,1-5H3. The Balaban J connectivity index is 2.49. The van der Waals surface area contributed by atoms with E-state index in [4.69, 9.17) is 4.84 Å². The predicted octanol–water partition coefficient (Wildman–Crippen LogP) is 3.51. The van der Waals surface area contributed by atoms with Crippen LogP contribution in [-0.2, 0) is 4.84 Å². The Labute approximate surface area is 112 Å². The van der Waals surface area contributed by atoms with Gasteiger partial charge in [-0.15, -0.1) is 0 Å². The lowest BCUT2D eigenvalue weighted by atomic mass is 9.80. The zero-order chi connectivity index (χ0) is 13.8. The van der Waals surface area contributed by atoms with Gasteiger partial charge in [-0.2, -0.15) is 5.06 Å². The molecule has 0 aromatic carbocycles. The summed E-state index contributed by atoms with van der Waals surface area (Å²) in [4.78, 5) is 6.03. The monoisotopic (exact) mass is 257 g/mol. The Bertz CT molecular complexity index is 233. The van der Waals surface area contributed by atoms with Crippen molar-refractivity contribution >= 4 is 0 Å². The molecule has 0 atom stereocenters. The third-order valence-corrected chi connectivity index (χ3v) is 3.79. The van der Waals surface area contributed by atoms with Gasteiger partial charge in [0, 0.05) is 11.1 Å². The predicted molar refractivity (Wildman–Crippen MR) is 75.3 cm³/mol. The summed E-state index contributed by atoms with van der Waals surface area (Å²) in [6.45, 7) is 11.6. The van der Waals surface area contributed by atoms with Crippen LogP contribution in [0.2, 0.25) is 0 Å². The van der Waals surface area contributed by atoms with E-state index in [0.717, 1.165) is 25.9 Å². The zero-order valence-electron chi connectivity index (χ0n) is 12.8. The maximum absolute atomic E-state index is 9.96. The van der Waals surface area contributed by atoms with Crippen molar-refractivity contribution in [3.63, 3.8) is 0 Å². The van der Waals surface area contributed by atoms with Crippen molar-refractivity contribution in [3.05, 3.63) is 0 Å². The first-order valence-electron chi connectivity index (χ1n) is 7.41. The van der Waals surface area contributed by atoms with E-state index in [-0.39, 0.29) is 17.2 Å². The van der Waals surface area contributed by atoms with E-state index in [1.807, 2.05) is 0 Å². The van der Waals surface area contributed by atoms with E-state index in [9.17, 15) is 5.11 Å². The van der Waals surface area contributed by atoms with Crippen molar-refractivity contribution in [2.45, 2.75) is 90.3 Å². The lowest BCUT2D eigenvalue weighted by molar-refractivity contribution is -0.292. The second kappa shape index (κ2) is 6.36. The fraction of sp³-hybridized carbons (Fsp3) is 1.00. The molecule has 18 heavy (non-hydrogen) atoms. The van der Waals surface area contributed by atoms with Crippen molar-refractivity contribution in [3.8, 4) is 0 Å². The van der Waals surface area contributed by atoms with Crippen LogP contribution < -0.4 is 0 Å². The van der Waals surface area contributed by atoms with Gasteiger partial charge in [0.1, 0.15) is 0 Å². The summed E-state index contributed by atoms with van der Waals surface area (Å²) < 4.78 is 0. The first kappa shape index (κ1) is 15.9. The van der Waals surface area contributed by atoms with Crippen molar-refractivity contribution in [1.82, 2.24) is 5.06 Å². The molecule has 1 fully saturated rings. The van der Waals surface area contributed by atoms with Crippen molar-refractivity contribution in [2.75, 3.05) is 6.61 Å². The lowest BCUT2D eigenvalue weighted by Crippen LogP contribution is -2.61. The highest BCUT2D eigenvalue weighted by atomic mass is 16.7. The second-order valence-electron chi connectivity index (χ2n) is 6.88. The van der Waals surface area contributed by atoms with Gasteiger partial charge in [0.25, 0.3) is 0 Å². The molecule has 0 aromatic rings. The number of aliphatic hydroxyl groups excluding tert-OH is 1. The number of nitrogens with zero attached hydrogens (tertiary/aromatic N) is 1. The van der Waals surface area contributed by atoms with E-state index in [0.29, 0.717) is 0 Å². The fourth-order valence-electron chi connectivity index (χ4n) is 3.24. The molecule has 1 N–H and O–H groups in total. The zero-order valence-corrected chi connectivity index (χ0v) is 12.8. The van der Waals surface area contributed by atoms with Crippen LogP contribution in [0.1, 0.15) is 73.1 Å². The van der Waals surface area contributed by atoms with Crippen LogP contribution in [0.3, 0.4) is 0 Å². The van der Waals surface area contributed by atoms with Crippen LogP contribution in [-0.4, -0.2) is 34.0 Å². The molecule has 3 heteroatoms. The van der Waals surface area contributed by atoms with Gasteiger partial charge in [-0.05, 0) is 47.0 Å². The van der Waals surface area contributed by atoms with Crippen molar-refractivity contribution in [2.24, 2.45) is 0 Å². The van der Waals surface area contributed by atoms with Crippen molar-refractivity contribution in [1.29, 1.82) is 0 Å². The number of hydrogen-bond acceptors (Lipinski definition) is 3. The Kier molecular flexibility index (Phi) is 5.63. The molecule has 108 valence electrons. The van der Waals surface area contributed by atoms with E-state index < -0.39 is 0 Å². The highest BCUT2D eigenvalue weighted by molar-refractivity contribution is 4.96. The Morgan fingerprint density at radius 1 is 1.06 bits per heavy atom. The number of unbranched alkanes of at least 4 members (excludes halogenated alkanes) is 3. The molecule has 0 radical (unpaired) electrons. The Morgan fingerprint density at radius 3 is 2.11 bits per heavy atom. The maximum Gasteiger partial charge on any atom is 0.0685 e. The molecule has 0 bridgehead atoms. The number of piperidine rings is 1. The molecule has 0 saturated carbocycles. The maximum atomic E-state index is 9.96. The summed E-state index contributed by atoms with van der Waals surface area (Å²) in [5.74, 6) is 0.